The molecule has 9 heteroatoms. The van der Waals surface area contributed by atoms with Crippen LogP contribution in [0.1, 0.15) is 17.2 Å². The molecule has 196 valence electrons. The molecule has 0 aliphatic carbocycles. The molecule has 0 radical (unpaired) electrons. The van der Waals surface area contributed by atoms with Gasteiger partial charge in [-0.15, -0.1) is 0 Å². The number of amides is 2. The zero-order valence-electron chi connectivity index (χ0n) is 20.9. The first-order valence-corrected chi connectivity index (χ1v) is 13.8. The first-order chi connectivity index (χ1) is 18.8. The largest absolute Gasteiger partial charge is 0.379 e. The molecule has 2 fully saturated rings. The lowest BCUT2D eigenvalue weighted by molar-refractivity contribution is -0.126. The molecule has 0 N–H and O–H groups in total. The van der Waals surface area contributed by atoms with Gasteiger partial charge in [-0.05, 0) is 49.4 Å². The third kappa shape index (κ3) is 4.35. The molecule has 0 unspecified atom stereocenters. The summed E-state index contributed by atoms with van der Waals surface area (Å²) in [6.45, 7) is 1.92. The Labute approximate surface area is 226 Å². The van der Waals surface area contributed by atoms with Crippen molar-refractivity contribution in [2.75, 3.05) is 9.96 Å². The summed E-state index contributed by atoms with van der Waals surface area (Å²) in [7, 11) is -4.17. The zero-order chi connectivity index (χ0) is 27.1. The Balaban J connectivity index is 1.44. The molecule has 2 heterocycles. The van der Waals surface area contributed by atoms with E-state index in [0.717, 1.165) is 10.5 Å². The monoisotopic (exact) mass is 540 g/mol. The molecule has 2 aliphatic heterocycles. The predicted octanol–water partition coefficient (Wildman–Crippen LogP) is 4.81. The maximum Gasteiger partial charge on any atom is 0.339 e. The molecule has 0 saturated carbocycles. The number of benzene rings is 4. The van der Waals surface area contributed by atoms with E-state index in [1.54, 1.807) is 60.7 Å². The molecule has 0 aromatic heterocycles. The van der Waals surface area contributed by atoms with E-state index in [2.05, 4.69) is 0 Å². The Morgan fingerprint density at radius 2 is 1.33 bits per heavy atom. The van der Waals surface area contributed by atoms with Gasteiger partial charge in [-0.25, -0.2) is 9.96 Å². The second-order valence-electron chi connectivity index (χ2n) is 9.39. The number of hydrogen-bond acceptors (Lipinski definition) is 7. The molecular weight excluding hydrogens is 516 g/mol. The highest BCUT2D eigenvalue weighted by Gasteiger charge is 2.60. The quantitative estimate of drug-likeness (QED) is 0.256. The van der Waals surface area contributed by atoms with Crippen LogP contribution in [0.25, 0.3) is 0 Å². The second-order valence-corrected chi connectivity index (χ2v) is 10.9. The SMILES string of the molecule is Cc1ccc(N2C(=O)[C@@H]3[C@@H](c4ccccc4OS(=O)(=O)c4ccccc4)N(c4ccccc4)O[C@H]3C2=O)cc1. The Hall–Kier alpha value is -4.47. The number of fused-ring (bicyclic) bond motifs is 1. The Morgan fingerprint density at radius 1 is 0.718 bits per heavy atom. The van der Waals surface area contributed by atoms with Crippen LogP contribution >= 0.6 is 0 Å². The van der Waals surface area contributed by atoms with Gasteiger partial charge >= 0.3 is 10.1 Å². The topological polar surface area (TPSA) is 93.2 Å². The average molecular weight is 541 g/mol. The molecular formula is C30H24N2O6S. The van der Waals surface area contributed by atoms with E-state index in [9.17, 15) is 18.0 Å². The van der Waals surface area contributed by atoms with Gasteiger partial charge in [-0.2, -0.15) is 8.42 Å². The summed E-state index contributed by atoms with van der Waals surface area (Å²) in [5, 5.41) is 1.51. The van der Waals surface area contributed by atoms with Crippen molar-refractivity contribution in [1.82, 2.24) is 0 Å². The van der Waals surface area contributed by atoms with E-state index in [0.29, 0.717) is 16.9 Å². The van der Waals surface area contributed by atoms with E-state index >= 15 is 0 Å². The van der Waals surface area contributed by atoms with Gasteiger partial charge < -0.3 is 4.18 Å². The predicted molar refractivity (Wildman–Crippen MR) is 144 cm³/mol. The minimum Gasteiger partial charge on any atom is -0.379 e. The number of anilines is 2. The fraction of sp³-hybridized carbons (Fsp3) is 0.133. The molecule has 2 amide bonds. The number of imide groups is 1. The van der Waals surface area contributed by atoms with Crippen molar-refractivity contribution in [2.45, 2.75) is 24.0 Å². The van der Waals surface area contributed by atoms with Crippen LogP contribution in [0, 0.1) is 12.8 Å². The zero-order valence-corrected chi connectivity index (χ0v) is 21.7. The van der Waals surface area contributed by atoms with Crippen LogP contribution in [0.3, 0.4) is 0 Å². The smallest absolute Gasteiger partial charge is 0.339 e. The van der Waals surface area contributed by atoms with Crippen molar-refractivity contribution in [3.8, 4) is 5.75 Å². The third-order valence-electron chi connectivity index (χ3n) is 6.89. The fourth-order valence-electron chi connectivity index (χ4n) is 5.03. The van der Waals surface area contributed by atoms with Gasteiger partial charge in [0.2, 0.25) is 5.91 Å². The van der Waals surface area contributed by atoms with E-state index in [1.165, 1.54) is 23.3 Å². The van der Waals surface area contributed by atoms with Crippen molar-refractivity contribution in [3.63, 3.8) is 0 Å². The van der Waals surface area contributed by atoms with Crippen molar-refractivity contribution >= 4 is 33.3 Å². The van der Waals surface area contributed by atoms with E-state index < -0.39 is 40.0 Å². The lowest BCUT2D eigenvalue weighted by Gasteiger charge is -2.29. The van der Waals surface area contributed by atoms with Crippen molar-refractivity contribution in [2.24, 2.45) is 5.92 Å². The fourth-order valence-corrected chi connectivity index (χ4v) is 6.01. The molecule has 39 heavy (non-hydrogen) atoms. The Morgan fingerprint density at radius 3 is 2.03 bits per heavy atom. The van der Waals surface area contributed by atoms with Crippen molar-refractivity contribution < 1.29 is 27.0 Å². The van der Waals surface area contributed by atoms with Crippen LogP contribution in [0.15, 0.2) is 114 Å². The summed E-state index contributed by atoms with van der Waals surface area (Å²) < 4.78 is 31.9. The minimum atomic E-state index is -4.17. The molecule has 4 aromatic rings. The standard InChI is InChI=1S/C30H24N2O6S/c1-20-16-18-21(19-17-20)31-29(33)26-27(32(37-28(26)30(31)34)22-10-4-2-5-11-22)24-14-8-9-15-25(24)38-39(35,36)23-12-6-3-7-13-23/h2-19,26-28H,1H3/t26-,27-,28-/m1/s1. The molecule has 0 bridgehead atoms. The highest BCUT2D eigenvalue weighted by Crippen LogP contribution is 2.49. The van der Waals surface area contributed by atoms with Crippen LogP contribution < -0.4 is 14.1 Å². The maximum atomic E-state index is 13.9. The van der Waals surface area contributed by atoms with E-state index in [1.807, 2.05) is 37.3 Å². The number of hydrogen-bond donors (Lipinski definition) is 0. The normalized spacial score (nSPS) is 20.8. The summed E-state index contributed by atoms with van der Waals surface area (Å²) in [6, 6.07) is 29.7. The van der Waals surface area contributed by atoms with Crippen LogP contribution in [0.5, 0.6) is 5.75 Å². The van der Waals surface area contributed by atoms with Crippen LogP contribution in [0.4, 0.5) is 11.4 Å². The Kier molecular flexibility index (Phi) is 6.17. The van der Waals surface area contributed by atoms with Gasteiger partial charge in [0.15, 0.2) is 6.10 Å². The van der Waals surface area contributed by atoms with Crippen LogP contribution in [-0.2, 0) is 24.5 Å². The van der Waals surface area contributed by atoms with Crippen LogP contribution in [0.2, 0.25) is 0 Å². The molecule has 2 saturated heterocycles. The maximum absolute atomic E-state index is 13.9. The number of para-hydroxylation sites is 2. The summed E-state index contributed by atoms with van der Waals surface area (Å²) in [6.07, 6.45) is -1.09. The highest BCUT2D eigenvalue weighted by molar-refractivity contribution is 7.87. The second kappa shape index (κ2) is 9.68. The van der Waals surface area contributed by atoms with Gasteiger partial charge in [-0.3, -0.25) is 14.4 Å². The number of carbonyl (C=O) groups excluding carboxylic acids is 2. The third-order valence-corrected chi connectivity index (χ3v) is 8.14. The lowest BCUT2D eigenvalue weighted by atomic mass is 9.90. The number of carbonyl (C=O) groups is 2. The minimum absolute atomic E-state index is 0.00191. The molecule has 4 aromatic carbocycles. The molecule has 0 spiro atoms. The number of hydroxylamine groups is 1. The van der Waals surface area contributed by atoms with E-state index in [4.69, 9.17) is 9.02 Å². The Bertz CT molecular complexity index is 1640. The van der Waals surface area contributed by atoms with Crippen LogP contribution in [-0.4, -0.2) is 26.3 Å². The summed E-state index contributed by atoms with van der Waals surface area (Å²) in [5.74, 6) is -1.81. The van der Waals surface area contributed by atoms with Gasteiger partial charge in [-0.1, -0.05) is 72.3 Å². The number of nitrogens with zero attached hydrogens (tertiary/aromatic N) is 2. The first-order valence-electron chi connectivity index (χ1n) is 12.4. The molecule has 6 rings (SSSR count). The highest BCUT2D eigenvalue weighted by atomic mass is 32.2. The van der Waals surface area contributed by atoms with Gasteiger partial charge in [0.05, 0.1) is 17.4 Å². The molecule has 2 aliphatic rings. The van der Waals surface area contributed by atoms with Crippen molar-refractivity contribution in [3.05, 3.63) is 120 Å². The number of rotatable bonds is 6. The molecule has 3 atom stereocenters. The average Bonchev–Trinajstić information content (AvgIpc) is 3.46. The van der Waals surface area contributed by atoms with Gasteiger partial charge in [0.25, 0.3) is 5.91 Å². The van der Waals surface area contributed by atoms with E-state index in [-0.39, 0.29) is 10.6 Å². The summed E-state index contributed by atoms with van der Waals surface area (Å²) in [4.78, 5) is 34.8. The van der Waals surface area contributed by atoms with Gasteiger partial charge in [0.1, 0.15) is 16.6 Å². The first kappa shape index (κ1) is 24.8. The summed E-state index contributed by atoms with van der Waals surface area (Å²) >= 11 is 0. The lowest BCUT2D eigenvalue weighted by Crippen LogP contribution is -2.37. The van der Waals surface area contributed by atoms with Crippen molar-refractivity contribution in [1.29, 1.82) is 0 Å². The molecule has 8 nitrogen and oxygen atoms in total. The van der Waals surface area contributed by atoms with Gasteiger partial charge in [0, 0.05) is 5.56 Å². The number of aryl methyl sites for hydroxylation is 1. The summed E-state index contributed by atoms with van der Waals surface area (Å²) in [5.41, 5.74) is 2.46.